The van der Waals surface area contributed by atoms with E-state index in [1.54, 1.807) is 36.7 Å². The number of rotatable bonds is 5. The molecular weight excluding hydrogens is 386 g/mol. The van der Waals surface area contributed by atoms with E-state index < -0.39 is 6.10 Å². The van der Waals surface area contributed by atoms with Crippen LogP contribution >= 0.6 is 11.6 Å². The minimum absolute atomic E-state index is 0.238. The Morgan fingerprint density at radius 2 is 2.07 bits per heavy atom. The van der Waals surface area contributed by atoms with E-state index in [0.29, 0.717) is 27.9 Å². The summed E-state index contributed by atoms with van der Waals surface area (Å²) in [5.41, 5.74) is 0.866. The summed E-state index contributed by atoms with van der Waals surface area (Å²) in [6.45, 7) is 1.77. The fourth-order valence-electron chi connectivity index (χ4n) is 2.48. The molecule has 0 spiro atoms. The van der Waals surface area contributed by atoms with Crippen LogP contribution in [-0.2, 0) is 7.05 Å². The highest BCUT2D eigenvalue weighted by molar-refractivity contribution is 6.30. The summed E-state index contributed by atoms with van der Waals surface area (Å²) in [5.74, 6) is 0.804. The van der Waals surface area contributed by atoms with E-state index in [0.717, 1.165) is 0 Å². The Morgan fingerprint density at radius 3 is 2.86 bits per heavy atom. The maximum Gasteiger partial charge on any atom is 0.317 e. The maximum absolute atomic E-state index is 11.4. The van der Waals surface area contributed by atoms with Crippen LogP contribution in [0.4, 0.5) is 0 Å². The minimum atomic E-state index is -0.541. The average molecular weight is 400 g/mol. The van der Waals surface area contributed by atoms with Gasteiger partial charge in [0.15, 0.2) is 11.9 Å². The van der Waals surface area contributed by atoms with Gasteiger partial charge < -0.3 is 4.74 Å². The smallest absolute Gasteiger partial charge is 0.317 e. The van der Waals surface area contributed by atoms with E-state index in [-0.39, 0.29) is 11.6 Å². The van der Waals surface area contributed by atoms with Gasteiger partial charge in [0.25, 0.3) is 5.56 Å². The molecule has 0 bridgehead atoms. The number of aromatic nitrogens is 9. The number of tetrazole rings is 1. The van der Waals surface area contributed by atoms with Crippen molar-refractivity contribution in [3.8, 4) is 23.1 Å². The number of aromatic amines is 1. The van der Waals surface area contributed by atoms with Crippen molar-refractivity contribution in [2.45, 2.75) is 13.0 Å². The summed E-state index contributed by atoms with van der Waals surface area (Å²) in [7, 11) is 1.72. The van der Waals surface area contributed by atoms with Crippen molar-refractivity contribution in [2.75, 3.05) is 0 Å². The molecule has 1 atom stereocenters. The Kier molecular flexibility index (Phi) is 4.57. The molecule has 28 heavy (non-hydrogen) atoms. The number of nitrogens with zero attached hydrogens (tertiary/aromatic N) is 8. The number of nitrogens with one attached hydrogen (secondary N) is 1. The monoisotopic (exact) mass is 399 g/mol. The molecule has 142 valence electrons. The molecule has 1 N–H and O–H groups in total. The van der Waals surface area contributed by atoms with Crippen LogP contribution in [0.25, 0.3) is 17.1 Å². The highest BCUT2D eigenvalue weighted by Gasteiger charge is 2.19. The van der Waals surface area contributed by atoms with Crippen LogP contribution in [0, 0.1) is 0 Å². The van der Waals surface area contributed by atoms with Crippen molar-refractivity contribution in [1.29, 1.82) is 0 Å². The molecule has 0 amide bonds. The lowest BCUT2D eigenvalue weighted by Gasteiger charge is -2.10. The first-order valence-corrected chi connectivity index (χ1v) is 8.56. The van der Waals surface area contributed by atoms with Gasteiger partial charge in [-0.3, -0.25) is 9.36 Å². The number of hydrogen-bond acceptors (Lipinski definition) is 8. The topological polar surface area (TPSA) is 129 Å². The van der Waals surface area contributed by atoms with Gasteiger partial charge in [-0.05, 0) is 30.3 Å². The van der Waals surface area contributed by atoms with Gasteiger partial charge in [-0.1, -0.05) is 22.8 Å². The van der Waals surface area contributed by atoms with E-state index in [1.165, 1.54) is 17.1 Å². The molecule has 0 saturated heterocycles. The maximum atomic E-state index is 11.4. The summed E-state index contributed by atoms with van der Waals surface area (Å²) >= 11 is 5.99. The van der Waals surface area contributed by atoms with Gasteiger partial charge in [0.1, 0.15) is 0 Å². The molecule has 0 aliphatic carbocycles. The van der Waals surface area contributed by atoms with Crippen molar-refractivity contribution in [3.05, 3.63) is 57.7 Å². The molecule has 0 aliphatic rings. The highest BCUT2D eigenvalue weighted by atomic mass is 35.5. The third-order valence-electron chi connectivity index (χ3n) is 3.87. The Balaban J connectivity index is 1.55. The van der Waals surface area contributed by atoms with Gasteiger partial charge in [0.2, 0.25) is 5.82 Å². The van der Waals surface area contributed by atoms with Crippen molar-refractivity contribution < 1.29 is 4.74 Å². The lowest BCUT2D eigenvalue weighted by molar-refractivity contribution is 0.190. The zero-order valence-electron chi connectivity index (χ0n) is 14.8. The summed E-state index contributed by atoms with van der Waals surface area (Å²) < 4.78 is 7.42. The predicted molar refractivity (Wildman–Crippen MR) is 98.1 cm³/mol. The molecule has 3 heterocycles. The minimum Gasteiger partial charge on any atom is -0.452 e. The van der Waals surface area contributed by atoms with E-state index in [4.69, 9.17) is 16.3 Å². The Hall–Kier alpha value is -3.60. The van der Waals surface area contributed by atoms with Gasteiger partial charge in [-0.2, -0.15) is 5.10 Å². The first-order valence-electron chi connectivity index (χ1n) is 8.18. The zero-order valence-corrected chi connectivity index (χ0v) is 15.6. The van der Waals surface area contributed by atoms with Crippen LogP contribution in [-0.4, -0.2) is 45.2 Å². The summed E-state index contributed by atoms with van der Waals surface area (Å²) in [6.07, 6.45) is 0.942. The summed E-state index contributed by atoms with van der Waals surface area (Å²) in [4.78, 5) is 12.8. The number of ether oxygens (including phenoxy) is 1. The van der Waals surface area contributed by atoms with Gasteiger partial charge in [-0.25, -0.2) is 5.10 Å². The Labute approximate surface area is 162 Å². The van der Waals surface area contributed by atoms with Gasteiger partial charge >= 0.3 is 6.01 Å². The Bertz CT molecular complexity index is 1180. The number of halogens is 1. The van der Waals surface area contributed by atoms with Crippen LogP contribution in [0.15, 0.2) is 41.3 Å². The molecule has 1 aromatic carbocycles. The zero-order chi connectivity index (χ0) is 19.7. The van der Waals surface area contributed by atoms with Gasteiger partial charge in [0, 0.05) is 23.7 Å². The van der Waals surface area contributed by atoms with Gasteiger partial charge in [0.05, 0.1) is 11.9 Å². The third kappa shape index (κ3) is 3.47. The molecule has 0 aliphatic heterocycles. The van der Waals surface area contributed by atoms with Crippen LogP contribution in [0.2, 0.25) is 5.02 Å². The lowest BCUT2D eigenvalue weighted by Crippen LogP contribution is -2.10. The number of benzene rings is 1. The molecule has 4 rings (SSSR count). The second-order valence-corrected chi connectivity index (χ2v) is 6.31. The SMILES string of the molecule is CC(Oc1nnc(-c2cn[nH]c(=O)c2)n1C)c1nnn(-c2cccc(Cl)c2)n1. The van der Waals surface area contributed by atoms with Crippen molar-refractivity contribution >= 4 is 11.6 Å². The van der Waals surface area contributed by atoms with Crippen LogP contribution in [0.5, 0.6) is 6.01 Å². The second kappa shape index (κ2) is 7.19. The largest absolute Gasteiger partial charge is 0.452 e. The quantitative estimate of drug-likeness (QED) is 0.532. The second-order valence-electron chi connectivity index (χ2n) is 5.88. The third-order valence-corrected chi connectivity index (χ3v) is 4.11. The molecule has 3 aromatic heterocycles. The lowest BCUT2D eigenvalue weighted by atomic mass is 10.3. The normalized spacial score (nSPS) is 12.1. The number of H-pyrrole nitrogens is 1. The van der Waals surface area contributed by atoms with E-state index in [2.05, 4.69) is 35.8 Å². The molecule has 1 unspecified atom stereocenters. The van der Waals surface area contributed by atoms with Gasteiger partial charge in [-0.15, -0.1) is 20.1 Å². The first-order chi connectivity index (χ1) is 13.5. The Morgan fingerprint density at radius 1 is 1.21 bits per heavy atom. The first kappa shape index (κ1) is 17.8. The van der Waals surface area contributed by atoms with Crippen molar-refractivity contribution in [2.24, 2.45) is 7.05 Å². The van der Waals surface area contributed by atoms with E-state index in [1.807, 2.05) is 6.07 Å². The molecular formula is C16H14ClN9O2. The molecule has 11 nitrogen and oxygen atoms in total. The standard InChI is InChI=1S/C16H14ClN9O2/c1-9(14-20-24-26(23-14)12-5-3-4-11(17)7-12)28-16-22-21-15(25(16)2)10-6-13(27)19-18-8-10/h3-9H,1-2H3,(H,19,27). The predicted octanol–water partition coefficient (Wildman–Crippen LogP) is 1.33. The summed E-state index contributed by atoms with van der Waals surface area (Å²) in [5, 5.41) is 27.1. The molecule has 0 saturated carbocycles. The van der Waals surface area contributed by atoms with Crippen molar-refractivity contribution in [3.63, 3.8) is 0 Å². The highest BCUT2D eigenvalue weighted by Crippen LogP contribution is 2.22. The average Bonchev–Trinajstić information content (AvgIpc) is 3.30. The summed E-state index contributed by atoms with van der Waals surface area (Å²) in [6, 6.07) is 8.71. The van der Waals surface area contributed by atoms with E-state index in [9.17, 15) is 4.79 Å². The van der Waals surface area contributed by atoms with Crippen molar-refractivity contribution in [1.82, 2.24) is 45.2 Å². The fourth-order valence-corrected chi connectivity index (χ4v) is 2.66. The van der Waals surface area contributed by atoms with Crippen LogP contribution < -0.4 is 10.3 Å². The van der Waals surface area contributed by atoms with E-state index >= 15 is 0 Å². The number of hydrogen-bond donors (Lipinski definition) is 1. The molecule has 0 fully saturated rings. The fraction of sp³-hybridized carbons (Fsp3) is 0.188. The molecule has 0 radical (unpaired) electrons. The van der Waals surface area contributed by atoms with Crippen LogP contribution in [0.1, 0.15) is 18.9 Å². The molecule has 4 aromatic rings. The van der Waals surface area contributed by atoms with Crippen LogP contribution in [0.3, 0.4) is 0 Å². The molecule has 12 heteroatoms.